The highest BCUT2D eigenvalue weighted by Crippen LogP contribution is 2.57. The molecule has 7 heteroatoms. The quantitative estimate of drug-likeness (QED) is 0.855. The summed E-state index contributed by atoms with van der Waals surface area (Å²) < 4.78 is 1.80. The standard InChI is InChI=1S/C18H19Cl2N3O2/c1-18(2,8-24)21-17(25)15-12-6-9-5-11(9)16(12)23(22-15)14-4-3-10(19)7-13(14)20/h3-4,7,9,11,24H,5-6,8H2,1-2H3,(H,21,25)/t9-,11-/m1/s1. The highest BCUT2D eigenvalue weighted by atomic mass is 35.5. The number of aliphatic hydroxyl groups is 1. The highest BCUT2D eigenvalue weighted by Gasteiger charge is 2.50. The third-order valence-corrected chi connectivity index (χ3v) is 5.50. The third kappa shape index (κ3) is 2.84. The van der Waals surface area contributed by atoms with Gasteiger partial charge in [0.05, 0.1) is 28.5 Å². The van der Waals surface area contributed by atoms with Crippen molar-refractivity contribution in [2.75, 3.05) is 6.61 Å². The fourth-order valence-corrected chi connectivity index (χ4v) is 4.03. The van der Waals surface area contributed by atoms with E-state index in [-0.39, 0.29) is 12.5 Å². The van der Waals surface area contributed by atoms with Crippen LogP contribution in [0.25, 0.3) is 5.69 Å². The number of benzene rings is 1. The van der Waals surface area contributed by atoms with Gasteiger partial charge in [0, 0.05) is 16.5 Å². The SMILES string of the molecule is CC(C)(CO)NC(=O)c1nn(-c2ccc(Cl)cc2Cl)c2c1C[C@H]1C[C@@H]21. The molecule has 1 aromatic heterocycles. The number of fused-ring (bicyclic) bond motifs is 3. The van der Waals surface area contributed by atoms with E-state index in [9.17, 15) is 9.90 Å². The van der Waals surface area contributed by atoms with Gasteiger partial charge >= 0.3 is 0 Å². The van der Waals surface area contributed by atoms with Crippen LogP contribution in [0, 0.1) is 5.92 Å². The van der Waals surface area contributed by atoms with Crippen LogP contribution in [-0.4, -0.2) is 32.9 Å². The minimum absolute atomic E-state index is 0.143. The molecule has 1 heterocycles. The van der Waals surface area contributed by atoms with Gasteiger partial charge in [-0.2, -0.15) is 5.10 Å². The van der Waals surface area contributed by atoms with Crippen molar-refractivity contribution >= 4 is 29.1 Å². The van der Waals surface area contributed by atoms with E-state index in [4.69, 9.17) is 23.2 Å². The van der Waals surface area contributed by atoms with Crippen molar-refractivity contribution in [1.82, 2.24) is 15.1 Å². The van der Waals surface area contributed by atoms with Gasteiger partial charge in [0.2, 0.25) is 0 Å². The molecule has 1 aromatic carbocycles. The monoisotopic (exact) mass is 379 g/mol. The fraction of sp³-hybridized carbons (Fsp3) is 0.444. The second-order valence-electron chi connectivity index (χ2n) is 7.52. The lowest BCUT2D eigenvalue weighted by molar-refractivity contribution is 0.0863. The maximum absolute atomic E-state index is 12.7. The molecule has 0 saturated heterocycles. The van der Waals surface area contributed by atoms with Gasteiger partial charge in [-0.05, 0) is 50.8 Å². The zero-order valence-electron chi connectivity index (χ0n) is 14.0. The lowest BCUT2D eigenvalue weighted by Crippen LogP contribution is -2.46. The second kappa shape index (κ2) is 5.73. The first kappa shape index (κ1) is 16.9. The molecule has 4 rings (SSSR count). The van der Waals surface area contributed by atoms with Crippen molar-refractivity contribution in [3.63, 3.8) is 0 Å². The maximum atomic E-state index is 12.7. The van der Waals surface area contributed by atoms with E-state index in [1.165, 1.54) is 0 Å². The van der Waals surface area contributed by atoms with E-state index in [0.717, 1.165) is 29.8 Å². The van der Waals surface area contributed by atoms with Crippen molar-refractivity contribution in [3.8, 4) is 5.69 Å². The molecule has 2 aliphatic rings. The van der Waals surface area contributed by atoms with Crippen LogP contribution in [0.2, 0.25) is 10.0 Å². The minimum Gasteiger partial charge on any atom is -0.394 e. The van der Waals surface area contributed by atoms with Crippen molar-refractivity contribution in [3.05, 3.63) is 45.2 Å². The number of halogens is 2. The summed E-state index contributed by atoms with van der Waals surface area (Å²) in [5, 5.41) is 17.9. The third-order valence-electron chi connectivity index (χ3n) is 4.96. The van der Waals surface area contributed by atoms with Crippen molar-refractivity contribution in [1.29, 1.82) is 0 Å². The second-order valence-corrected chi connectivity index (χ2v) is 8.37. The van der Waals surface area contributed by atoms with Crippen molar-refractivity contribution < 1.29 is 9.90 Å². The number of amides is 1. The molecule has 2 aromatic rings. The molecular formula is C18H19Cl2N3O2. The average molecular weight is 380 g/mol. The van der Waals surface area contributed by atoms with E-state index in [1.54, 1.807) is 30.7 Å². The van der Waals surface area contributed by atoms with Crippen molar-refractivity contribution in [2.45, 2.75) is 38.1 Å². The van der Waals surface area contributed by atoms with E-state index in [2.05, 4.69) is 10.4 Å². The number of nitrogens with zero attached hydrogens (tertiary/aromatic N) is 2. The molecule has 25 heavy (non-hydrogen) atoms. The molecule has 0 unspecified atom stereocenters. The van der Waals surface area contributed by atoms with Gasteiger partial charge in [-0.15, -0.1) is 0 Å². The number of carbonyl (C=O) groups is 1. The molecule has 1 amide bonds. The number of hydrogen-bond donors (Lipinski definition) is 2. The van der Waals surface area contributed by atoms with Crippen LogP contribution in [0.3, 0.4) is 0 Å². The summed E-state index contributed by atoms with van der Waals surface area (Å²) in [4.78, 5) is 12.7. The molecular weight excluding hydrogens is 361 g/mol. The topological polar surface area (TPSA) is 67.2 Å². The summed E-state index contributed by atoms with van der Waals surface area (Å²) in [5.74, 6) is 0.782. The molecule has 5 nitrogen and oxygen atoms in total. The molecule has 0 radical (unpaired) electrons. The molecule has 0 aliphatic heterocycles. The van der Waals surface area contributed by atoms with Gasteiger partial charge < -0.3 is 10.4 Å². The largest absolute Gasteiger partial charge is 0.394 e. The van der Waals surface area contributed by atoms with Crippen LogP contribution in [0.1, 0.15) is 47.9 Å². The van der Waals surface area contributed by atoms with E-state index in [0.29, 0.717) is 27.6 Å². The molecule has 1 fully saturated rings. The lowest BCUT2D eigenvalue weighted by Gasteiger charge is -2.23. The Morgan fingerprint density at radius 3 is 2.88 bits per heavy atom. The predicted octanol–water partition coefficient (Wildman–Crippen LogP) is 3.34. The van der Waals surface area contributed by atoms with Crippen LogP contribution < -0.4 is 5.32 Å². The lowest BCUT2D eigenvalue weighted by atomic mass is 10.1. The van der Waals surface area contributed by atoms with Gasteiger partial charge in [-0.1, -0.05) is 23.2 Å². The van der Waals surface area contributed by atoms with Gasteiger partial charge in [-0.25, -0.2) is 4.68 Å². The number of nitrogens with one attached hydrogen (secondary N) is 1. The normalized spacial score (nSPS) is 21.0. The molecule has 2 aliphatic carbocycles. The summed E-state index contributed by atoms with van der Waals surface area (Å²) >= 11 is 12.4. The first-order valence-corrected chi connectivity index (χ1v) is 9.07. The van der Waals surface area contributed by atoms with Crippen LogP contribution in [0.5, 0.6) is 0 Å². The summed E-state index contributed by atoms with van der Waals surface area (Å²) in [7, 11) is 0. The maximum Gasteiger partial charge on any atom is 0.272 e. The first-order chi connectivity index (χ1) is 11.8. The number of rotatable bonds is 4. The van der Waals surface area contributed by atoms with Gasteiger partial charge in [-0.3, -0.25) is 4.79 Å². The van der Waals surface area contributed by atoms with Gasteiger partial charge in [0.15, 0.2) is 5.69 Å². The Labute approximate surface area is 155 Å². The Kier molecular flexibility index (Phi) is 3.87. The Morgan fingerprint density at radius 2 is 2.20 bits per heavy atom. The molecule has 132 valence electrons. The number of aromatic nitrogens is 2. The minimum atomic E-state index is -0.701. The Bertz CT molecular complexity index is 875. The molecule has 1 saturated carbocycles. The molecule has 0 spiro atoms. The number of carbonyl (C=O) groups excluding carboxylic acids is 1. The summed E-state index contributed by atoms with van der Waals surface area (Å²) in [6.07, 6.45) is 2.00. The Morgan fingerprint density at radius 1 is 1.44 bits per heavy atom. The summed E-state index contributed by atoms with van der Waals surface area (Å²) in [5.41, 5.74) is 2.54. The van der Waals surface area contributed by atoms with E-state index >= 15 is 0 Å². The Balaban J connectivity index is 1.78. The van der Waals surface area contributed by atoms with Crippen molar-refractivity contribution in [2.24, 2.45) is 5.92 Å². The predicted molar refractivity (Wildman–Crippen MR) is 96.8 cm³/mol. The smallest absolute Gasteiger partial charge is 0.272 e. The molecule has 0 bridgehead atoms. The number of aliphatic hydroxyl groups excluding tert-OH is 1. The highest BCUT2D eigenvalue weighted by molar-refractivity contribution is 6.35. The van der Waals surface area contributed by atoms with Gasteiger partial charge in [0.25, 0.3) is 5.91 Å². The fourth-order valence-electron chi connectivity index (χ4n) is 3.54. The zero-order chi connectivity index (χ0) is 17.9. The van der Waals surface area contributed by atoms with Crippen LogP contribution in [0.15, 0.2) is 18.2 Å². The molecule has 2 atom stereocenters. The van der Waals surface area contributed by atoms with E-state index < -0.39 is 5.54 Å². The average Bonchev–Trinajstić information content (AvgIpc) is 3.04. The Hall–Kier alpha value is -1.56. The zero-order valence-corrected chi connectivity index (χ0v) is 15.5. The first-order valence-electron chi connectivity index (χ1n) is 8.31. The van der Waals surface area contributed by atoms with Crippen LogP contribution >= 0.6 is 23.2 Å². The van der Waals surface area contributed by atoms with E-state index in [1.807, 2.05) is 6.07 Å². The van der Waals surface area contributed by atoms with Crippen LogP contribution in [0.4, 0.5) is 0 Å². The number of hydrogen-bond acceptors (Lipinski definition) is 3. The molecule has 2 N–H and O–H groups in total. The summed E-state index contributed by atoms with van der Waals surface area (Å²) in [6.45, 7) is 3.40. The van der Waals surface area contributed by atoms with Crippen LogP contribution in [-0.2, 0) is 6.42 Å². The van der Waals surface area contributed by atoms with Gasteiger partial charge in [0.1, 0.15) is 0 Å². The summed E-state index contributed by atoms with van der Waals surface area (Å²) in [6, 6.07) is 5.28.